The Labute approximate surface area is 160 Å². The summed E-state index contributed by atoms with van der Waals surface area (Å²) in [6.45, 7) is 4.12. The molecule has 0 saturated heterocycles. The Morgan fingerprint density at radius 3 is 2.19 bits per heavy atom. The summed E-state index contributed by atoms with van der Waals surface area (Å²) in [5.74, 6) is 0.00518. The Morgan fingerprint density at radius 1 is 1.22 bits per heavy atom. The molecule has 0 saturated carbocycles. The largest absolute Gasteiger partial charge is 0.496 e. The highest BCUT2D eigenvalue weighted by Gasteiger charge is 2.16. The van der Waals surface area contributed by atoms with Gasteiger partial charge in [0.15, 0.2) is 9.84 Å². The van der Waals surface area contributed by atoms with Crippen LogP contribution in [0.5, 0.6) is 5.75 Å². The fourth-order valence-electron chi connectivity index (χ4n) is 1.71. The van der Waals surface area contributed by atoms with E-state index in [1.54, 1.807) is 0 Å². The lowest BCUT2D eigenvalue weighted by molar-refractivity contribution is 0.0947. The van der Waals surface area contributed by atoms with Crippen molar-refractivity contribution in [3.05, 3.63) is 23.8 Å². The van der Waals surface area contributed by atoms with Gasteiger partial charge in [0.2, 0.25) is 0 Å². The highest BCUT2D eigenvalue weighted by atomic mass is 32.3. The number of nitrogens with zero attached hydrogens (tertiary/aromatic N) is 1. The van der Waals surface area contributed by atoms with Gasteiger partial charge in [-0.3, -0.25) is 13.5 Å². The number of amides is 1. The predicted octanol–water partition coefficient (Wildman–Crippen LogP) is 0.216. The molecular weight excluding hydrogens is 400 g/mol. The summed E-state index contributed by atoms with van der Waals surface area (Å²) >= 11 is 0. The molecule has 1 amide bonds. The number of likely N-dealkylation sites (N-methyl/N-ethyl adjacent to an activating group) is 1. The van der Waals surface area contributed by atoms with E-state index in [2.05, 4.69) is 14.4 Å². The number of hydrogen-bond donors (Lipinski definition) is 2. The molecule has 2 N–H and O–H groups in total. The van der Waals surface area contributed by atoms with Crippen molar-refractivity contribution in [2.45, 2.75) is 11.8 Å². The molecular formula is C15H26N2O8S2. The Hall–Kier alpha value is -1.73. The third-order valence-corrected chi connectivity index (χ3v) is 4.90. The fraction of sp³-hybridized carbons (Fsp3) is 0.533. The molecule has 0 radical (unpaired) electrons. The SMILES string of the molecule is CCN(C)CCNC(=O)c1cc(S(C)(=O)=O)ccc1OC.COS(=O)(=O)O. The number of methoxy groups -OCH3 is 1. The number of hydrogen-bond acceptors (Lipinski definition) is 8. The molecule has 1 rings (SSSR count). The van der Waals surface area contributed by atoms with Gasteiger partial charge in [-0.1, -0.05) is 6.92 Å². The maximum absolute atomic E-state index is 12.2. The second kappa shape index (κ2) is 11.2. The van der Waals surface area contributed by atoms with Crippen LogP contribution in [0.25, 0.3) is 0 Å². The number of benzene rings is 1. The lowest BCUT2D eigenvalue weighted by Crippen LogP contribution is -2.33. The first kappa shape index (κ1) is 25.3. The van der Waals surface area contributed by atoms with Gasteiger partial charge in [0, 0.05) is 19.3 Å². The standard InChI is InChI=1S/C14H22N2O4S.CH4O4S/c1-5-16(2)9-8-15-14(17)12-10-11(21(4,18)19)6-7-13(12)20-3;1-5-6(2,3)4/h6-7,10H,5,8-9H2,1-4H3,(H,15,17);1H3,(H,2,3,4). The number of sulfone groups is 1. The molecule has 10 nitrogen and oxygen atoms in total. The zero-order valence-electron chi connectivity index (χ0n) is 15.9. The minimum absolute atomic E-state index is 0.0964. The van der Waals surface area contributed by atoms with E-state index in [4.69, 9.17) is 9.29 Å². The van der Waals surface area contributed by atoms with E-state index < -0.39 is 20.2 Å². The average Bonchev–Trinajstić information content (AvgIpc) is 2.59. The van der Waals surface area contributed by atoms with E-state index >= 15 is 0 Å². The minimum Gasteiger partial charge on any atom is -0.496 e. The van der Waals surface area contributed by atoms with Crippen LogP contribution >= 0.6 is 0 Å². The summed E-state index contributed by atoms with van der Waals surface area (Å²) < 4.78 is 58.0. The van der Waals surface area contributed by atoms with Crippen LogP contribution in [0.2, 0.25) is 0 Å². The van der Waals surface area contributed by atoms with E-state index in [0.29, 0.717) is 12.3 Å². The highest BCUT2D eigenvalue weighted by Crippen LogP contribution is 2.22. The van der Waals surface area contributed by atoms with Gasteiger partial charge < -0.3 is 15.0 Å². The number of rotatable bonds is 8. The van der Waals surface area contributed by atoms with Gasteiger partial charge in [0.05, 0.1) is 24.7 Å². The van der Waals surface area contributed by atoms with Crippen LogP contribution in [0.4, 0.5) is 0 Å². The Bertz CT molecular complexity index is 822. The first-order chi connectivity index (χ1) is 12.4. The maximum atomic E-state index is 12.2. The van der Waals surface area contributed by atoms with Gasteiger partial charge in [-0.25, -0.2) is 8.42 Å². The molecule has 156 valence electrons. The molecule has 0 atom stereocenters. The Balaban J connectivity index is 0.000000972. The molecule has 1 aromatic rings. The zero-order chi connectivity index (χ0) is 21.3. The number of carbonyl (C=O) groups excluding carboxylic acids is 1. The predicted molar refractivity (Wildman–Crippen MR) is 100 cm³/mol. The van der Waals surface area contributed by atoms with Crippen LogP contribution in [0.3, 0.4) is 0 Å². The van der Waals surface area contributed by atoms with Crippen molar-refractivity contribution in [1.82, 2.24) is 10.2 Å². The molecule has 0 aromatic heterocycles. The van der Waals surface area contributed by atoms with Crippen LogP contribution in [0.15, 0.2) is 23.1 Å². The Kier molecular flexibility index (Phi) is 10.5. The topological polar surface area (TPSA) is 139 Å². The van der Waals surface area contributed by atoms with Crippen LogP contribution in [0, 0.1) is 0 Å². The lowest BCUT2D eigenvalue weighted by Gasteiger charge is -2.15. The minimum atomic E-state index is -4.16. The zero-order valence-corrected chi connectivity index (χ0v) is 17.6. The van der Waals surface area contributed by atoms with Gasteiger partial charge in [0.25, 0.3) is 5.91 Å². The van der Waals surface area contributed by atoms with E-state index in [9.17, 15) is 21.6 Å². The van der Waals surface area contributed by atoms with Gasteiger partial charge in [-0.15, -0.1) is 0 Å². The fourth-order valence-corrected chi connectivity index (χ4v) is 2.36. The molecule has 1 aromatic carbocycles. The van der Waals surface area contributed by atoms with Gasteiger partial charge in [-0.2, -0.15) is 8.42 Å². The van der Waals surface area contributed by atoms with Crippen molar-refractivity contribution in [2.24, 2.45) is 0 Å². The van der Waals surface area contributed by atoms with Crippen molar-refractivity contribution in [1.29, 1.82) is 0 Å². The molecule has 12 heteroatoms. The van der Waals surface area contributed by atoms with Gasteiger partial charge in [0.1, 0.15) is 5.75 Å². The average molecular weight is 427 g/mol. The summed E-state index contributed by atoms with van der Waals surface area (Å²) in [5.41, 5.74) is 0.222. The van der Waals surface area contributed by atoms with Crippen LogP contribution in [-0.2, 0) is 24.4 Å². The second-order valence-electron chi connectivity index (χ2n) is 5.38. The van der Waals surface area contributed by atoms with Crippen molar-refractivity contribution in [3.8, 4) is 5.75 Å². The molecule has 0 aliphatic rings. The summed E-state index contributed by atoms with van der Waals surface area (Å²) in [6, 6.07) is 4.26. The quantitative estimate of drug-likeness (QED) is 0.559. The number of ether oxygens (including phenoxy) is 1. The third kappa shape index (κ3) is 10.2. The summed E-state index contributed by atoms with van der Waals surface area (Å²) in [5, 5.41) is 2.76. The number of nitrogens with one attached hydrogen (secondary N) is 1. The van der Waals surface area contributed by atoms with E-state index in [0.717, 1.165) is 26.5 Å². The molecule has 0 spiro atoms. The maximum Gasteiger partial charge on any atom is 0.397 e. The molecule has 0 bridgehead atoms. The van der Waals surface area contributed by atoms with E-state index in [1.165, 1.54) is 25.3 Å². The third-order valence-electron chi connectivity index (χ3n) is 3.37. The molecule has 0 aliphatic carbocycles. The molecule has 0 fully saturated rings. The second-order valence-corrected chi connectivity index (χ2v) is 8.58. The molecule has 0 aliphatic heterocycles. The van der Waals surface area contributed by atoms with Crippen LogP contribution < -0.4 is 10.1 Å². The van der Waals surface area contributed by atoms with E-state index in [-0.39, 0.29) is 16.4 Å². The summed E-state index contributed by atoms with van der Waals surface area (Å²) in [7, 11) is -3.26. The molecule has 0 unspecified atom stereocenters. The van der Waals surface area contributed by atoms with Crippen molar-refractivity contribution >= 4 is 26.1 Å². The lowest BCUT2D eigenvalue weighted by atomic mass is 10.2. The monoisotopic (exact) mass is 426 g/mol. The highest BCUT2D eigenvalue weighted by molar-refractivity contribution is 7.90. The van der Waals surface area contributed by atoms with Crippen LogP contribution in [-0.4, -0.2) is 79.4 Å². The first-order valence-electron chi connectivity index (χ1n) is 7.73. The first-order valence-corrected chi connectivity index (χ1v) is 11.0. The van der Waals surface area contributed by atoms with Crippen molar-refractivity contribution in [3.63, 3.8) is 0 Å². The summed E-state index contributed by atoms with van der Waals surface area (Å²) in [6.07, 6.45) is 1.10. The summed E-state index contributed by atoms with van der Waals surface area (Å²) in [4.78, 5) is 14.3. The van der Waals surface area contributed by atoms with Gasteiger partial charge in [-0.05, 0) is 31.8 Å². The van der Waals surface area contributed by atoms with E-state index in [1.807, 2.05) is 14.0 Å². The molecule has 0 heterocycles. The normalized spacial score (nSPS) is 11.5. The number of carbonyl (C=O) groups is 1. The van der Waals surface area contributed by atoms with Crippen LogP contribution in [0.1, 0.15) is 17.3 Å². The Morgan fingerprint density at radius 2 is 1.78 bits per heavy atom. The molecule has 27 heavy (non-hydrogen) atoms. The van der Waals surface area contributed by atoms with Crippen molar-refractivity contribution in [2.75, 3.05) is 47.2 Å². The van der Waals surface area contributed by atoms with Crippen molar-refractivity contribution < 1.29 is 35.1 Å². The smallest absolute Gasteiger partial charge is 0.397 e. The van der Waals surface area contributed by atoms with Gasteiger partial charge >= 0.3 is 10.4 Å².